The minimum Gasteiger partial charge on any atom is -0.316 e. The highest BCUT2D eigenvalue weighted by molar-refractivity contribution is 5.98. The Morgan fingerprint density at radius 2 is 2.12 bits per heavy atom. The number of hydrogen-bond acceptors (Lipinski definition) is 2. The number of rotatable bonds is 2. The average Bonchev–Trinajstić information content (AvgIpc) is 2.33. The Balaban J connectivity index is 2.16. The first-order valence-electron chi connectivity index (χ1n) is 6.00. The van der Waals surface area contributed by atoms with Crippen LogP contribution in [0.15, 0.2) is 18.2 Å². The SMILES string of the molecule is Cc1ccc(C(=O)C2CCCNC2)cc1C. The maximum absolute atomic E-state index is 12.2. The summed E-state index contributed by atoms with van der Waals surface area (Å²) in [6.07, 6.45) is 2.14. The van der Waals surface area contributed by atoms with Gasteiger partial charge in [0.25, 0.3) is 0 Å². The lowest BCUT2D eigenvalue weighted by Gasteiger charge is -2.21. The largest absolute Gasteiger partial charge is 0.316 e. The molecule has 0 aliphatic carbocycles. The molecule has 86 valence electrons. The zero-order chi connectivity index (χ0) is 11.5. The number of hydrogen-bond donors (Lipinski definition) is 1. The van der Waals surface area contributed by atoms with E-state index in [9.17, 15) is 4.79 Å². The molecule has 1 unspecified atom stereocenters. The van der Waals surface area contributed by atoms with Gasteiger partial charge in [0.1, 0.15) is 0 Å². The number of carbonyl (C=O) groups excluding carboxylic acids is 1. The summed E-state index contributed by atoms with van der Waals surface area (Å²) in [5, 5.41) is 3.29. The van der Waals surface area contributed by atoms with Gasteiger partial charge in [0, 0.05) is 18.0 Å². The summed E-state index contributed by atoms with van der Waals surface area (Å²) in [5.41, 5.74) is 3.32. The molecule has 1 aromatic carbocycles. The van der Waals surface area contributed by atoms with E-state index in [0.717, 1.165) is 31.5 Å². The van der Waals surface area contributed by atoms with Crippen LogP contribution < -0.4 is 5.32 Å². The molecule has 16 heavy (non-hydrogen) atoms. The van der Waals surface area contributed by atoms with E-state index in [4.69, 9.17) is 0 Å². The van der Waals surface area contributed by atoms with Crippen LogP contribution in [0.1, 0.15) is 34.3 Å². The van der Waals surface area contributed by atoms with Crippen molar-refractivity contribution in [3.8, 4) is 0 Å². The zero-order valence-corrected chi connectivity index (χ0v) is 10.0. The van der Waals surface area contributed by atoms with Crippen molar-refractivity contribution in [3.05, 3.63) is 34.9 Å². The van der Waals surface area contributed by atoms with E-state index in [1.54, 1.807) is 0 Å². The predicted octanol–water partition coefficient (Wildman–Crippen LogP) is 2.49. The Kier molecular flexibility index (Phi) is 3.39. The number of aryl methyl sites for hydroxylation is 2. The lowest BCUT2D eigenvalue weighted by Crippen LogP contribution is -2.34. The van der Waals surface area contributed by atoms with Crippen LogP contribution in [0.3, 0.4) is 0 Å². The first-order chi connectivity index (χ1) is 7.68. The second kappa shape index (κ2) is 4.79. The Bertz CT molecular complexity index is 392. The highest BCUT2D eigenvalue weighted by atomic mass is 16.1. The predicted molar refractivity (Wildman–Crippen MR) is 65.8 cm³/mol. The number of nitrogens with one attached hydrogen (secondary N) is 1. The molecule has 1 aromatic rings. The van der Waals surface area contributed by atoms with Gasteiger partial charge in [-0.15, -0.1) is 0 Å². The molecule has 0 bridgehead atoms. The summed E-state index contributed by atoms with van der Waals surface area (Å²) in [6.45, 7) is 6.03. The molecule has 2 nitrogen and oxygen atoms in total. The number of carbonyl (C=O) groups is 1. The van der Waals surface area contributed by atoms with Gasteiger partial charge in [-0.2, -0.15) is 0 Å². The van der Waals surface area contributed by atoms with Crippen molar-refractivity contribution in [1.29, 1.82) is 0 Å². The van der Waals surface area contributed by atoms with Gasteiger partial charge in [-0.3, -0.25) is 4.79 Å². The fourth-order valence-electron chi connectivity index (χ4n) is 2.21. The quantitative estimate of drug-likeness (QED) is 0.771. The summed E-state index contributed by atoms with van der Waals surface area (Å²) in [6, 6.07) is 6.02. The van der Waals surface area contributed by atoms with Crippen molar-refractivity contribution in [2.45, 2.75) is 26.7 Å². The van der Waals surface area contributed by atoms with E-state index >= 15 is 0 Å². The molecule has 1 aliphatic heterocycles. The minimum atomic E-state index is 0.177. The molecule has 0 saturated carbocycles. The van der Waals surface area contributed by atoms with E-state index in [1.807, 2.05) is 18.2 Å². The molecule has 2 heteroatoms. The summed E-state index contributed by atoms with van der Waals surface area (Å²) >= 11 is 0. The Labute approximate surface area is 97.1 Å². The summed E-state index contributed by atoms with van der Waals surface area (Å²) in [7, 11) is 0. The van der Waals surface area contributed by atoms with Gasteiger partial charge >= 0.3 is 0 Å². The van der Waals surface area contributed by atoms with E-state index in [-0.39, 0.29) is 5.92 Å². The smallest absolute Gasteiger partial charge is 0.167 e. The van der Waals surface area contributed by atoms with Gasteiger partial charge in [0.2, 0.25) is 0 Å². The third-order valence-electron chi connectivity index (χ3n) is 3.46. The Hall–Kier alpha value is -1.15. The standard InChI is InChI=1S/C14H19NO/c1-10-5-6-12(8-11(10)2)14(16)13-4-3-7-15-9-13/h5-6,8,13,15H,3-4,7,9H2,1-2H3. The average molecular weight is 217 g/mol. The summed E-state index contributed by atoms with van der Waals surface area (Å²) < 4.78 is 0. The Morgan fingerprint density at radius 3 is 2.75 bits per heavy atom. The number of Topliss-reactive ketones (excluding diaryl/α,β-unsaturated/α-hetero) is 1. The molecule has 2 rings (SSSR count). The second-order valence-electron chi connectivity index (χ2n) is 4.71. The lowest BCUT2D eigenvalue weighted by molar-refractivity contribution is 0.0899. The van der Waals surface area contributed by atoms with Gasteiger partial charge in [-0.25, -0.2) is 0 Å². The van der Waals surface area contributed by atoms with E-state index < -0.39 is 0 Å². The van der Waals surface area contributed by atoms with Crippen LogP contribution in [0.25, 0.3) is 0 Å². The zero-order valence-electron chi connectivity index (χ0n) is 10.0. The third kappa shape index (κ3) is 2.33. The molecule has 1 atom stereocenters. The number of piperidine rings is 1. The van der Waals surface area contributed by atoms with E-state index in [0.29, 0.717) is 5.78 Å². The lowest BCUT2D eigenvalue weighted by atomic mass is 9.90. The van der Waals surface area contributed by atoms with Crippen molar-refractivity contribution in [1.82, 2.24) is 5.32 Å². The number of benzene rings is 1. The molecule has 0 radical (unpaired) electrons. The first kappa shape index (κ1) is 11.3. The van der Waals surface area contributed by atoms with Gasteiger partial charge in [-0.1, -0.05) is 12.1 Å². The third-order valence-corrected chi connectivity index (χ3v) is 3.46. The monoisotopic (exact) mass is 217 g/mol. The molecular formula is C14H19NO. The highest BCUT2D eigenvalue weighted by Crippen LogP contribution is 2.18. The maximum Gasteiger partial charge on any atom is 0.167 e. The van der Waals surface area contributed by atoms with Crippen molar-refractivity contribution in [2.24, 2.45) is 5.92 Å². The molecule has 1 aliphatic rings. The molecule has 0 spiro atoms. The minimum absolute atomic E-state index is 0.177. The molecule has 0 amide bonds. The van der Waals surface area contributed by atoms with Crippen LogP contribution >= 0.6 is 0 Å². The van der Waals surface area contributed by atoms with E-state index in [1.165, 1.54) is 11.1 Å². The van der Waals surface area contributed by atoms with Gasteiger partial charge in [0.15, 0.2) is 5.78 Å². The normalized spacial score (nSPS) is 20.8. The van der Waals surface area contributed by atoms with Crippen molar-refractivity contribution >= 4 is 5.78 Å². The van der Waals surface area contributed by atoms with Crippen LogP contribution in [0.4, 0.5) is 0 Å². The summed E-state index contributed by atoms with van der Waals surface area (Å²) in [4.78, 5) is 12.2. The molecule has 1 fully saturated rings. The van der Waals surface area contributed by atoms with Crippen LogP contribution in [-0.4, -0.2) is 18.9 Å². The van der Waals surface area contributed by atoms with Gasteiger partial charge in [0.05, 0.1) is 0 Å². The Morgan fingerprint density at radius 1 is 1.31 bits per heavy atom. The van der Waals surface area contributed by atoms with E-state index in [2.05, 4.69) is 19.2 Å². The van der Waals surface area contributed by atoms with Crippen LogP contribution in [0.5, 0.6) is 0 Å². The fourth-order valence-corrected chi connectivity index (χ4v) is 2.21. The molecule has 1 N–H and O–H groups in total. The maximum atomic E-state index is 12.2. The topological polar surface area (TPSA) is 29.1 Å². The molecular weight excluding hydrogens is 198 g/mol. The molecule has 1 saturated heterocycles. The van der Waals surface area contributed by atoms with Crippen LogP contribution in [0.2, 0.25) is 0 Å². The number of ketones is 1. The van der Waals surface area contributed by atoms with Crippen molar-refractivity contribution in [2.75, 3.05) is 13.1 Å². The first-order valence-corrected chi connectivity index (χ1v) is 6.00. The van der Waals surface area contributed by atoms with Gasteiger partial charge in [-0.05, 0) is 50.4 Å². The van der Waals surface area contributed by atoms with Crippen LogP contribution in [-0.2, 0) is 0 Å². The van der Waals surface area contributed by atoms with Crippen molar-refractivity contribution in [3.63, 3.8) is 0 Å². The second-order valence-corrected chi connectivity index (χ2v) is 4.71. The van der Waals surface area contributed by atoms with Crippen LogP contribution in [0, 0.1) is 19.8 Å². The van der Waals surface area contributed by atoms with Gasteiger partial charge < -0.3 is 5.32 Å². The highest BCUT2D eigenvalue weighted by Gasteiger charge is 2.22. The van der Waals surface area contributed by atoms with Crippen molar-refractivity contribution < 1.29 is 4.79 Å². The summed E-state index contributed by atoms with van der Waals surface area (Å²) in [5.74, 6) is 0.478. The molecule has 1 heterocycles. The fraction of sp³-hybridized carbons (Fsp3) is 0.500. The molecule has 0 aromatic heterocycles.